The van der Waals surface area contributed by atoms with Crippen molar-refractivity contribution in [1.29, 1.82) is 0 Å². The molecule has 0 saturated carbocycles. The van der Waals surface area contributed by atoms with E-state index in [1.165, 1.54) is 0 Å². The van der Waals surface area contributed by atoms with Crippen molar-refractivity contribution in [1.82, 2.24) is 19.6 Å². The molecule has 0 fully saturated rings. The fourth-order valence-corrected chi connectivity index (χ4v) is 1.54. The average molecular weight is 219 g/mol. The molecule has 5 heteroatoms. The summed E-state index contributed by atoms with van der Waals surface area (Å²) >= 11 is 0. The lowest BCUT2D eigenvalue weighted by molar-refractivity contribution is 0.863. The number of rotatable bonds is 4. The molecule has 0 saturated heterocycles. The zero-order valence-electron chi connectivity index (χ0n) is 9.94. The van der Waals surface area contributed by atoms with Crippen LogP contribution < -0.4 is 5.32 Å². The minimum Gasteiger partial charge on any atom is -0.354 e. The van der Waals surface area contributed by atoms with E-state index < -0.39 is 0 Å². The summed E-state index contributed by atoms with van der Waals surface area (Å²) in [5, 5.41) is 7.40. The number of fused-ring (bicyclic) bond motifs is 1. The van der Waals surface area contributed by atoms with Crippen molar-refractivity contribution < 1.29 is 0 Å². The lowest BCUT2D eigenvalue weighted by atomic mass is 10.1. The third kappa shape index (κ3) is 1.98. The summed E-state index contributed by atoms with van der Waals surface area (Å²) in [5.41, 5.74) is 2.05. The molecule has 0 radical (unpaired) electrons. The van der Waals surface area contributed by atoms with Crippen molar-refractivity contribution >= 4 is 11.6 Å². The van der Waals surface area contributed by atoms with Crippen LogP contribution in [0.5, 0.6) is 0 Å². The highest BCUT2D eigenvalue weighted by molar-refractivity contribution is 5.50. The smallest absolute Gasteiger partial charge is 0.226 e. The largest absolute Gasteiger partial charge is 0.354 e. The Labute approximate surface area is 94.9 Å². The van der Waals surface area contributed by atoms with E-state index in [2.05, 4.69) is 41.2 Å². The van der Waals surface area contributed by atoms with Gasteiger partial charge in [-0.1, -0.05) is 20.8 Å². The maximum absolute atomic E-state index is 4.47. The van der Waals surface area contributed by atoms with E-state index in [-0.39, 0.29) is 0 Å². The third-order valence-electron chi connectivity index (χ3n) is 2.45. The van der Waals surface area contributed by atoms with Crippen LogP contribution in [0.4, 0.5) is 5.95 Å². The highest BCUT2D eigenvalue weighted by atomic mass is 15.3. The van der Waals surface area contributed by atoms with Gasteiger partial charge in [0, 0.05) is 12.1 Å². The number of anilines is 1. The molecular weight excluding hydrogens is 202 g/mol. The minimum absolute atomic E-state index is 0.423. The highest BCUT2D eigenvalue weighted by Crippen LogP contribution is 2.18. The average Bonchev–Trinajstić information content (AvgIpc) is 2.69. The molecule has 0 amide bonds. The van der Waals surface area contributed by atoms with Crippen LogP contribution in [0.25, 0.3) is 5.65 Å². The van der Waals surface area contributed by atoms with Gasteiger partial charge >= 0.3 is 0 Å². The van der Waals surface area contributed by atoms with Gasteiger partial charge < -0.3 is 5.32 Å². The molecule has 2 aromatic heterocycles. The molecule has 0 aromatic carbocycles. The number of hydrogen-bond donors (Lipinski definition) is 1. The van der Waals surface area contributed by atoms with Crippen LogP contribution in [0.2, 0.25) is 0 Å². The molecule has 2 aromatic rings. The molecule has 2 heterocycles. The Morgan fingerprint density at radius 2 is 2.25 bits per heavy atom. The lowest BCUT2D eigenvalue weighted by Gasteiger charge is -2.04. The summed E-state index contributed by atoms with van der Waals surface area (Å²) < 4.78 is 1.71. The van der Waals surface area contributed by atoms with Crippen molar-refractivity contribution in [3.63, 3.8) is 0 Å². The van der Waals surface area contributed by atoms with Crippen LogP contribution in [0.3, 0.4) is 0 Å². The summed E-state index contributed by atoms with van der Waals surface area (Å²) in [4.78, 5) is 8.67. The van der Waals surface area contributed by atoms with Gasteiger partial charge in [-0.3, -0.25) is 0 Å². The van der Waals surface area contributed by atoms with Crippen molar-refractivity contribution in [2.24, 2.45) is 0 Å². The van der Waals surface area contributed by atoms with Crippen LogP contribution in [-0.4, -0.2) is 26.1 Å². The van der Waals surface area contributed by atoms with E-state index >= 15 is 0 Å². The zero-order chi connectivity index (χ0) is 11.5. The van der Waals surface area contributed by atoms with Crippen molar-refractivity contribution in [3.05, 3.63) is 18.1 Å². The second kappa shape index (κ2) is 4.47. The second-order valence-corrected chi connectivity index (χ2v) is 4.13. The van der Waals surface area contributed by atoms with E-state index in [0.717, 1.165) is 24.2 Å². The standard InChI is InChI=1S/C11H17N5/c1-4-5-12-11-13-7-16-10(15-11)9(6-14-16)8(2)3/h6-8H,4-5H2,1-3H3,(H,12,15). The first kappa shape index (κ1) is 10.9. The molecule has 2 rings (SSSR count). The van der Waals surface area contributed by atoms with Crippen LogP contribution in [0.15, 0.2) is 12.5 Å². The third-order valence-corrected chi connectivity index (χ3v) is 2.45. The van der Waals surface area contributed by atoms with E-state index in [1.807, 2.05) is 6.20 Å². The van der Waals surface area contributed by atoms with Crippen LogP contribution >= 0.6 is 0 Å². The monoisotopic (exact) mass is 219 g/mol. The van der Waals surface area contributed by atoms with Gasteiger partial charge in [0.25, 0.3) is 0 Å². The fraction of sp³-hybridized carbons (Fsp3) is 0.545. The predicted molar refractivity (Wildman–Crippen MR) is 63.7 cm³/mol. The summed E-state index contributed by atoms with van der Waals surface area (Å²) in [6.07, 6.45) is 4.62. The number of aromatic nitrogens is 4. The zero-order valence-corrected chi connectivity index (χ0v) is 9.94. The Bertz CT molecular complexity index is 474. The Hall–Kier alpha value is -1.65. The van der Waals surface area contributed by atoms with Gasteiger partial charge in [-0.2, -0.15) is 10.1 Å². The predicted octanol–water partition coefficient (Wildman–Crippen LogP) is 2.07. The maximum Gasteiger partial charge on any atom is 0.226 e. The van der Waals surface area contributed by atoms with E-state index in [9.17, 15) is 0 Å². The Balaban J connectivity index is 2.38. The molecule has 0 aliphatic heterocycles. The van der Waals surface area contributed by atoms with Crippen molar-refractivity contribution in [2.75, 3.05) is 11.9 Å². The van der Waals surface area contributed by atoms with Gasteiger partial charge in [0.2, 0.25) is 5.95 Å². The van der Waals surface area contributed by atoms with Gasteiger partial charge in [0.05, 0.1) is 6.20 Å². The number of hydrogen-bond acceptors (Lipinski definition) is 4. The number of nitrogens with zero attached hydrogens (tertiary/aromatic N) is 4. The summed E-state index contributed by atoms with van der Waals surface area (Å²) in [5.74, 6) is 1.10. The summed E-state index contributed by atoms with van der Waals surface area (Å²) in [6.45, 7) is 7.28. The minimum atomic E-state index is 0.423. The molecule has 0 aliphatic carbocycles. The van der Waals surface area contributed by atoms with Gasteiger partial charge in [-0.25, -0.2) is 9.50 Å². The molecule has 0 aliphatic rings. The summed E-state index contributed by atoms with van der Waals surface area (Å²) in [6, 6.07) is 0. The van der Waals surface area contributed by atoms with Gasteiger partial charge in [0.1, 0.15) is 6.33 Å². The van der Waals surface area contributed by atoms with Crippen LogP contribution in [0.1, 0.15) is 38.7 Å². The Morgan fingerprint density at radius 1 is 1.44 bits per heavy atom. The number of nitrogens with one attached hydrogen (secondary N) is 1. The Kier molecular flexibility index (Phi) is 3.03. The normalized spacial score (nSPS) is 11.2. The first-order valence-electron chi connectivity index (χ1n) is 5.66. The molecule has 5 nitrogen and oxygen atoms in total. The fourth-order valence-electron chi connectivity index (χ4n) is 1.54. The van der Waals surface area contributed by atoms with Gasteiger partial charge in [0.15, 0.2) is 5.65 Å². The van der Waals surface area contributed by atoms with Crippen LogP contribution in [0, 0.1) is 0 Å². The molecule has 0 atom stereocenters. The highest BCUT2D eigenvalue weighted by Gasteiger charge is 2.09. The first-order chi connectivity index (χ1) is 7.72. The van der Waals surface area contributed by atoms with Crippen molar-refractivity contribution in [2.45, 2.75) is 33.1 Å². The molecule has 0 bridgehead atoms. The quantitative estimate of drug-likeness (QED) is 0.855. The SMILES string of the molecule is CCCNc1ncn2ncc(C(C)C)c2n1. The van der Waals surface area contributed by atoms with Crippen molar-refractivity contribution in [3.8, 4) is 0 Å². The van der Waals surface area contributed by atoms with E-state index in [1.54, 1.807) is 10.8 Å². The maximum atomic E-state index is 4.47. The van der Waals surface area contributed by atoms with E-state index in [0.29, 0.717) is 11.9 Å². The lowest BCUT2D eigenvalue weighted by Crippen LogP contribution is -2.06. The molecule has 1 N–H and O–H groups in total. The molecular formula is C11H17N5. The van der Waals surface area contributed by atoms with Crippen LogP contribution in [-0.2, 0) is 0 Å². The molecule has 16 heavy (non-hydrogen) atoms. The van der Waals surface area contributed by atoms with E-state index in [4.69, 9.17) is 0 Å². The second-order valence-electron chi connectivity index (χ2n) is 4.13. The Morgan fingerprint density at radius 3 is 2.94 bits per heavy atom. The first-order valence-corrected chi connectivity index (χ1v) is 5.66. The van der Waals surface area contributed by atoms with Gasteiger partial charge in [-0.05, 0) is 12.3 Å². The molecule has 86 valence electrons. The molecule has 0 unspecified atom stereocenters. The molecule has 0 spiro atoms. The topological polar surface area (TPSA) is 55.1 Å². The van der Waals surface area contributed by atoms with Gasteiger partial charge in [-0.15, -0.1) is 0 Å². The summed E-state index contributed by atoms with van der Waals surface area (Å²) in [7, 11) is 0.